The molecule has 0 radical (unpaired) electrons. The average Bonchev–Trinajstić information content (AvgIpc) is 2.23. The highest BCUT2D eigenvalue weighted by molar-refractivity contribution is 5.79. The van der Waals surface area contributed by atoms with Gasteiger partial charge in [0, 0.05) is 6.54 Å². The molecule has 0 saturated heterocycles. The molecule has 0 aliphatic rings. The van der Waals surface area contributed by atoms with Gasteiger partial charge in [0.15, 0.2) is 5.96 Å². The Hall–Kier alpha value is -1.99. The molecule has 0 rings (SSSR count). The summed E-state index contributed by atoms with van der Waals surface area (Å²) in [6.07, 6.45) is 0.771. The van der Waals surface area contributed by atoms with Gasteiger partial charge in [-0.25, -0.2) is 9.59 Å². The van der Waals surface area contributed by atoms with Crippen LogP contribution in [0.3, 0.4) is 0 Å². The molecular formula is C12H24N4O4. The van der Waals surface area contributed by atoms with Gasteiger partial charge < -0.3 is 26.2 Å². The molecule has 0 aromatic carbocycles. The van der Waals surface area contributed by atoms with E-state index in [2.05, 4.69) is 10.6 Å². The highest BCUT2D eigenvalue weighted by Gasteiger charge is 2.23. The molecule has 20 heavy (non-hydrogen) atoms. The number of alkyl carbamates (subject to hydrolysis) is 1. The first-order chi connectivity index (χ1) is 9.11. The molecule has 1 atom stereocenters. The second-order valence-electron chi connectivity index (χ2n) is 5.37. The number of carboxylic acids is 1. The molecule has 0 aliphatic heterocycles. The molecule has 116 valence electrons. The number of carboxylic acid groups (broad SMARTS) is 1. The van der Waals surface area contributed by atoms with Crippen molar-refractivity contribution in [3.05, 3.63) is 0 Å². The summed E-state index contributed by atoms with van der Waals surface area (Å²) in [7, 11) is 0. The van der Waals surface area contributed by atoms with Crippen molar-refractivity contribution < 1.29 is 19.4 Å². The predicted molar refractivity (Wildman–Crippen MR) is 74.6 cm³/mol. The Balaban J connectivity index is 4.08. The lowest BCUT2D eigenvalue weighted by Gasteiger charge is -2.22. The average molecular weight is 288 g/mol. The van der Waals surface area contributed by atoms with E-state index in [1.807, 2.05) is 0 Å². The van der Waals surface area contributed by atoms with Crippen LogP contribution in [0.1, 0.15) is 40.0 Å². The standard InChI is InChI=1S/C12H24N4O4/c1-12(2,3)20-11(19)16-8(9(17)18)6-4-5-7-15-10(13)14/h8H,4-7H2,1-3H3,(H,16,19)(H,17,18)(H4,13,14,15)/t8-/m1/s1. The van der Waals surface area contributed by atoms with Crippen LogP contribution in [0.2, 0.25) is 0 Å². The topological polar surface area (TPSA) is 138 Å². The number of unbranched alkanes of at least 4 members (excludes halogenated alkanes) is 1. The van der Waals surface area contributed by atoms with E-state index in [-0.39, 0.29) is 12.4 Å². The van der Waals surface area contributed by atoms with Crippen molar-refractivity contribution in [2.24, 2.45) is 5.73 Å². The van der Waals surface area contributed by atoms with E-state index in [4.69, 9.17) is 21.0 Å². The molecule has 0 aliphatic carbocycles. The molecule has 6 N–H and O–H groups in total. The number of rotatable bonds is 7. The smallest absolute Gasteiger partial charge is 0.408 e. The van der Waals surface area contributed by atoms with E-state index in [0.717, 1.165) is 0 Å². The van der Waals surface area contributed by atoms with E-state index in [0.29, 0.717) is 19.4 Å². The Morgan fingerprint density at radius 3 is 2.40 bits per heavy atom. The number of nitrogens with two attached hydrogens (primary N) is 1. The van der Waals surface area contributed by atoms with Crippen molar-refractivity contribution in [3.8, 4) is 0 Å². The first-order valence-electron chi connectivity index (χ1n) is 6.42. The molecule has 0 aromatic rings. The molecule has 0 spiro atoms. The molecule has 0 heterocycles. The number of amides is 1. The Labute approximate surface area is 118 Å². The fraction of sp³-hybridized carbons (Fsp3) is 0.750. The number of aliphatic carboxylic acids is 1. The van der Waals surface area contributed by atoms with Crippen LogP contribution in [-0.4, -0.2) is 41.3 Å². The Kier molecular flexibility index (Phi) is 7.42. The van der Waals surface area contributed by atoms with E-state index >= 15 is 0 Å². The summed E-state index contributed by atoms with van der Waals surface area (Å²) in [4.78, 5) is 22.5. The SMILES string of the molecule is CC(C)(C)OC(=O)N[C@H](CCCCNC(=N)N)C(=O)O. The minimum atomic E-state index is -1.10. The molecule has 8 heteroatoms. The number of hydrogen-bond donors (Lipinski definition) is 5. The van der Waals surface area contributed by atoms with Crippen molar-refractivity contribution in [1.82, 2.24) is 10.6 Å². The zero-order chi connectivity index (χ0) is 15.8. The molecule has 0 fully saturated rings. The highest BCUT2D eigenvalue weighted by Crippen LogP contribution is 2.08. The largest absolute Gasteiger partial charge is 0.480 e. The maximum atomic E-state index is 11.5. The van der Waals surface area contributed by atoms with Gasteiger partial charge in [-0.05, 0) is 40.0 Å². The van der Waals surface area contributed by atoms with Crippen molar-refractivity contribution >= 4 is 18.0 Å². The first kappa shape index (κ1) is 18.0. The normalized spacial score (nSPS) is 12.3. The van der Waals surface area contributed by atoms with Gasteiger partial charge in [0.25, 0.3) is 0 Å². The quantitative estimate of drug-likeness (QED) is 0.264. The third-order valence-electron chi connectivity index (χ3n) is 2.22. The van der Waals surface area contributed by atoms with Crippen molar-refractivity contribution in [1.29, 1.82) is 5.41 Å². The minimum absolute atomic E-state index is 0.119. The molecule has 0 aromatic heterocycles. The maximum absolute atomic E-state index is 11.5. The van der Waals surface area contributed by atoms with E-state index in [1.165, 1.54) is 0 Å². The zero-order valence-corrected chi connectivity index (χ0v) is 12.2. The van der Waals surface area contributed by atoms with Gasteiger partial charge >= 0.3 is 12.1 Å². The summed E-state index contributed by atoms with van der Waals surface area (Å²) in [5, 5.41) is 20.9. The second kappa shape index (κ2) is 8.23. The van der Waals surface area contributed by atoms with E-state index < -0.39 is 23.7 Å². The molecule has 0 saturated carbocycles. The van der Waals surface area contributed by atoms with Crippen molar-refractivity contribution in [2.45, 2.75) is 51.7 Å². The predicted octanol–water partition coefficient (Wildman–Crippen LogP) is 0.618. The summed E-state index contributed by atoms with van der Waals surface area (Å²) in [6, 6.07) is -0.984. The Bertz CT molecular complexity index is 352. The fourth-order valence-corrected chi connectivity index (χ4v) is 1.40. The summed E-state index contributed by atoms with van der Waals surface area (Å²) in [6.45, 7) is 5.61. The summed E-state index contributed by atoms with van der Waals surface area (Å²) < 4.78 is 5.01. The van der Waals surface area contributed by atoms with Gasteiger partial charge in [0.05, 0.1) is 0 Å². The number of hydrogen-bond acceptors (Lipinski definition) is 4. The third kappa shape index (κ3) is 9.98. The van der Waals surface area contributed by atoms with Gasteiger partial charge in [-0.15, -0.1) is 0 Å². The Morgan fingerprint density at radius 1 is 1.35 bits per heavy atom. The lowest BCUT2D eigenvalue weighted by Crippen LogP contribution is -2.43. The summed E-state index contributed by atoms with van der Waals surface area (Å²) in [5.41, 5.74) is 4.44. The zero-order valence-electron chi connectivity index (χ0n) is 12.2. The molecule has 0 unspecified atom stereocenters. The van der Waals surface area contributed by atoms with Crippen LogP contribution in [0.25, 0.3) is 0 Å². The summed E-state index contributed by atoms with van der Waals surface area (Å²) in [5.74, 6) is -1.22. The van der Waals surface area contributed by atoms with Crippen molar-refractivity contribution in [2.75, 3.05) is 6.54 Å². The monoisotopic (exact) mass is 288 g/mol. The lowest BCUT2D eigenvalue weighted by molar-refractivity contribution is -0.139. The van der Waals surface area contributed by atoms with Gasteiger partial charge in [0.2, 0.25) is 0 Å². The van der Waals surface area contributed by atoms with Crippen LogP contribution < -0.4 is 16.4 Å². The third-order valence-corrected chi connectivity index (χ3v) is 2.22. The number of carbonyl (C=O) groups excluding carboxylic acids is 1. The van der Waals surface area contributed by atoms with Gasteiger partial charge in [-0.1, -0.05) is 0 Å². The number of nitrogens with one attached hydrogen (secondary N) is 3. The van der Waals surface area contributed by atoms with E-state index in [1.54, 1.807) is 20.8 Å². The molecular weight excluding hydrogens is 264 g/mol. The van der Waals surface area contributed by atoms with Gasteiger partial charge in [-0.3, -0.25) is 5.41 Å². The fourth-order valence-electron chi connectivity index (χ4n) is 1.40. The number of ether oxygens (including phenoxy) is 1. The van der Waals surface area contributed by atoms with Crippen LogP contribution >= 0.6 is 0 Å². The first-order valence-corrected chi connectivity index (χ1v) is 6.42. The maximum Gasteiger partial charge on any atom is 0.408 e. The van der Waals surface area contributed by atoms with Crippen LogP contribution in [0.4, 0.5) is 4.79 Å². The number of carbonyl (C=O) groups is 2. The lowest BCUT2D eigenvalue weighted by atomic mass is 10.1. The van der Waals surface area contributed by atoms with Crippen LogP contribution in [0.15, 0.2) is 0 Å². The van der Waals surface area contributed by atoms with Crippen LogP contribution in [-0.2, 0) is 9.53 Å². The van der Waals surface area contributed by atoms with Gasteiger partial charge in [0.1, 0.15) is 11.6 Å². The Morgan fingerprint density at radius 2 is 1.95 bits per heavy atom. The molecule has 0 bridgehead atoms. The van der Waals surface area contributed by atoms with Gasteiger partial charge in [-0.2, -0.15) is 0 Å². The summed E-state index contributed by atoms with van der Waals surface area (Å²) >= 11 is 0. The molecule has 8 nitrogen and oxygen atoms in total. The highest BCUT2D eigenvalue weighted by atomic mass is 16.6. The van der Waals surface area contributed by atoms with Crippen molar-refractivity contribution in [3.63, 3.8) is 0 Å². The van der Waals surface area contributed by atoms with E-state index in [9.17, 15) is 9.59 Å². The van der Waals surface area contributed by atoms with Crippen LogP contribution in [0, 0.1) is 5.41 Å². The molecule has 1 amide bonds. The second-order valence-corrected chi connectivity index (χ2v) is 5.37. The number of guanidine groups is 1. The van der Waals surface area contributed by atoms with Crippen LogP contribution in [0.5, 0.6) is 0 Å². The minimum Gasteiger partial charge on any atom is -0.480 e.